The van der Waals surface area contributed by atoms with E-state index in [9.17, 15) is 17.6 Å². The van der Waals surface area contributed by atoms with E-state index < -0.39 is 24.7 Å². The van der Waals surface area contributed by atoms with E-state index in [0.717, 1.165) is 19.8 Å². The fourth-order valence-corrected chi connectivity index (χ4v) is 1.65. The minimum Gasteiger partial charge on any atom is -0.314 e. The highest BCUT2D eigenvalue weighted by Gasteiger charge is 2.23. The molecule has 116 valence electrons. The Morgan fingerprint density at radius 2 is 1.42 bits per heavy atom. The lowest BCUT2D eigenvalue weighted by atomic mass is 10.0. The van der Waals surface area contributed by atoms with Crippen LogP contribution in [0.4, 0.5) is 17.6 Å². The fourth-order valence-electron chi connectivity index (χ4n) is 1.65. The van der Waals surface area contributed by atoms with E-state index in [-0.39, 0.29) is 19.4 Å². The summed E-state index contributed by atoms with van der Waals surface area (Å²) >= 11 is 0. The number of halogens is 4. The molecule has 0 aromatic rings. The van der Waals surface area contributed by atoms with E-state index in [0.29, 0.717) is 12.5 Å². The third-order valence-corrected chi connectivity index (χ3v) is 3.46. The molecule has 0 radical (unpaired) electrons. The molecular weight excluding hydrogens is 258 g/mol. The van der Waals surface area contributed by atoms with Gasteiger partial charge in [0.25, 0.3) is 0 Å². The molecule has 0 fully saturated rings. The van der Waals surface area contributed by atoms with Gasteiger partial charge in [-0.1, -0.05) is 20.3 Å². The van der Waals surface area contributed by atoms with Gasteiger partial charge in [-0.05, 0) is 38.6 Å². The molecule has 0 aromatic heterocycles. The third kappa shape index (κ3) is 9.25. The summed E-state index contributed by atoms with van der Waals surface area (Å²) in [4.78, 5) is 0. The van der Waals surface area contributed by atoms with Gasteiger partial charge >= 0.3 is 0 Å². The number of alkyl halides is 4. The predicted octanol–water partition coefficient (Wildman–Crippen LogP) is 4.16. The summed E-state index contributed by atoms with van der Waals surface area (Å²) in [7, 11) is 0. The molecule has 0 aliphatic heterocycles. The van der Waals surface area contributed by atoms with Crippen molar-refractivity contribution in [1.82, 2.24) is 5.32 Å². The Morgan fingerprint density at radius 1 is 0.842 bits per heavy atom. The summed E-state index contributed by atoms with van der Waals surface area (Å²) in [5.41, 5.74) is 0. The van der Waals surface area contributed by atoms with Gasteiger partial charge in [0.15, 0.2) is 0 Å². The topological polar surface area (TPSA) is 12.0 Å². The lowest BCUT2D eigenvalue weighted by Crippen LogP contribution is -2.32. The Kier molecular flexibility index (Phi) is 10.3. The normalized spacial score (nSPS) is 19.7. The Hall–Kier alpha value is -0.320. The van der Waals surface area contributed by atoms with Gasteiger partial charge in [0.05, 0.1) is 0 Å². The largest absolute Gasteiger partial charge is 0.314 e. The molecule has 0 saturated heterocycles. The predicted molar refractivity (Wildman–Crippen MR) is 71.4 cm³/mol. The molecule has 19 heavy (non-hydrogen) atoms. The molecule has 0 bridgehead atoms. The van der Waals surface area contributed by atoms with Crippen LogP contribution in [0.5, 0.6) is 0 Å². The molecule has 5 unspecified atom stereocenters. The maximum Gasteiger partial charge on any atom is 0.143 e. The molecule has 1 N–H and O–H groups in total. The summed E-state index contributed by atoms with van der Waals surface area (Å²) < 4.78 is 52.2. The van der Waals surface area contributed by atoms with E-state index in [2.05, 4.69) is 19.2 Å². The van der Waals surface area contributed by atoms with Crippen LogP contribution in [0.15, 0.2) is 0 Å². The smallest absolute Gasteiger partial charge is 0.143 e. The van der Waals surface area contributed by atoms with Gasteiger partial charge in [-0.2, -0.15) is 0 Å². The minimum atomic E-state index is -1.73. The van der Waals surface area contributed by atoms with Crippen LogP contribution in [0.1, 0.15) is 46.5 Å². The average molecular weight is 285 g/mol. The van der Waals surface area contributed by atoms with E-state index >= 15 is 0 Å². The van der Waals surface area contributed by atoms with Crippen LogP contribution in [0.3, 0.4) is 0 Å². The quantitative estimate of drug-likeness (QED) is 0.444. The van der Waals surface area contributed by atoms with Crippen molar-refractivity contribution in [3.05, 3.63) is 0 Å². The van der Waals surface area contributed by atoms with Gasteiger partial charge in [0, 0.05) is 6.54 Å². The van der Waals surface area contributed by atoms with Crippen molar-refractivity contribution in [2.24, 2.45) is 5.92 Å². The van der Waals surface area contributed by atoms with Crippen LogP contribution in [-0.4, -0.2) is 37.8 Å². The first-order valence-corrected chi connectivity index (χ1v) is 7.15. The van der Waals surface area contributed by atoms with Crippen LogP contribution in [0.25, 0.3) is 0 Å². The highest BCUT2D eigenvalue weighted by Crippen LogP contribution is 2.16. The van der Waals surface area contributed by atoms with E-state index in [4.69, 9.17) is 0 Å². The molecule has 1 nitrogen and oxygen atoms in total. The summed E-state index contributed by atoms with van der Waals surface area (Å²) in [6.07, 6.45) is -5.27. The first-order valence-electron chi connectivity index (χ1n) is 7.15. The molecule has 0 saturated carbocycles. The van der Waals surface area contributed by atoms with Crippen molar-refractivity contribution in [1.29, 1.82) is 0 Å². The maximum atomic E-state index is 13.4. The summed E-state index contributed by atoms with van der Waals surface area (Å²) in [5, 5.41) is 2.86. The van der Waals surface area contributed by atoms with Gasteiger partial charge < -0.3 is 5.32 Å². The van der Waals surface area contributed by atoms with Gasteiger partial charge in [0.2, 0.25) is 0 Å². The van der Waals surface area contributed by atoms with Gasteiger partial charge in [-0.3, -0.25) is 0 Å². The van der Waals surface area contributed by atoms with Crippen LogP contribution >= 0.6 is 0 Å². The molecule has 0 amide bonds. The lowest BCUT2D eigenvalue weighted by Gasteiger charge is -2.16. The SMILES string of the molecule is CCC(C)CCNCC(F)C(F)CCC(F)C(C)F. The minimum absolute atomic E-state index is 0.0697. The van der Waals surface area contributed by atoms with Crippen LogP contribution in [-0.2, 0) is 0 Å². The summed E-state index contributed by atoms with van der Waals surface area (Å²) in [5.74, 6) is 0.560. The van der Waals surface area contributed by atoms with Crippen molar-refractivity contribution in [3.63, 3.8) is 0 Å². The van der Waals surface area contributed by atoms with E-state index in [1.165, 1.54) is 0 Å². The lowest BCUT2D eigenvalue weighted by molar-refractivity contribution is 0.119. The Morgan fingerprint density at radius 3 is 1.95 bits per heavy atom. The van der Waals surface area contributed by atoms with Gasteiger partial charge in [0.1, 0.15) is 24.7 Å². The Labute approximate surface area is 114 Å². The van der Waals surface area contributed by atoms with Crippen molar-refractivity contribution < 1.29 is 17.6 Å². The van der Waals surface area contributed by atoms with Crippen molar-refractivity contribution in [2.45, 2.75) is 71.1 Å². The molecule has 5 heteroatoms. The van der Waals surface area contributed by atoms with Gasteiger partial charge in [-0.15, -0.1) is 0 Å². The molecular formula is C14H27F4N. The van der Waals surface area contributed by atoms with Crippen LogP contribution < -0.4 is 5.32 Å². The second-order valence-electron chi connectivity index (χ2n) is 5.31. The second-order valence-corrected chi connectivity index (χ2v) is 5.31. The number of nitrogens with one attached hydrogen (secondary N) is 1. The molecule has 0 heterocycles. The number of rotatable bonds is 11. The monoisotopic (exact) mass is 285 g/mol. The van der Waals surface area contributed by atoms with Gasteiger partial charge in [-0.25, -0.2) is 17.6 Å². The first kappa shape index (κ1) is 18.7. The first-order chi connectivity index (χ1) is 8.88. The zero-order chi connectivity index (χ0) is 14.8. The maximum absolute atomic E-state index is 13.4. The summed E-state index contributed by atoms with van der Waals surface area (Å²) in [6.45, 7) is 5.85. The summed E-state index contributed by atoms with van der Waals surface area (Å²) in [6, 6.07) is 0. The number of hydrogen-bond donors (Lipinski definition) is 1. The van der Waals surface area contributed by atoms with Crippen molar-refractivity contribution in [2.75, 3.05) is 13.1 Å². The van der Waals surface area contributed by atoms with E-state index in [1.807, 2.05) is 0 Å². The number of hydrogen-bond acceptors (Lipinski definition) is 1. The molecule has 0 aliphatic carbocycles. The highest BCUT2D eigenvalue weighted by molar-refractivity contribution is 4.74. The molecule has 0 aromatic carbocycles. The molecule has 0 rings (SSSR count). The van der Waals surface area contributed by atoms with E-state index in [1.54, 1.807) is 0 Å². The Bertz CT molecular complexity index is 214. The second kappa shape index (κ2) is 10.5. The zero-order valence-corrected chi connectivity index (χ0v) is 12.1. The molecule has 5 atom stereocenters. The molecule has 0 aliphatic rings. The Balaban J connectivity index is 3.67. The van der Waals surface area contributed by atoms with Crippen LogP contribution in [0, 0.1) is 5.92 Å². The average Bonchev–Trinajstić information content (AvgIpc) is 2.39. The standard InChI is InChI=1S/C14H27F4N/c1-4-10(2)7-8-19-9-14(18)13(17)6-5-12(16)11(3)15/h10-14,19H,4-9H2,1-3H3. The molecule has 0 spiro atoms. The third-order valence-electron chi connectivity index (χ3n) is 3.46. The fraction of sp³-hybridized carbons (Fsp3) is 1.00. The zero-order valence-electron chi connectivity index (χ0n) is 12.1. The van der Waals surface area contributed by atoms with Crippen LogP contribution in [0.2, 0.25) is 0 Å². The highest BCUT2D eigenvalue weighted by atomic mass is 19.2. The van der Waals surface area contributed by atoms with Crippen molar-refractivity contribution in [3.8, 4) is 0 Å². The van der Waals surface area contributed by atoms with Crippen molar-refractivity contribution >= 4 is 0 Å².